The van der Waals surface area contributed by atoms with Crippen molar-refractivity contribution >= 4 is 11.0 Å². The van der Waals surface area contributed by atoms with Crippen LogP contribution < -0.4 is 17.1 Å². The Labute approximate surface area is 186 Å². The third-order valence-corrected chi connectivity index (χ3v) is 4.85. The monoisotopic (exact) mass is 470 g/mol. The van der Waals surface area contributed by atoms with Crippen LogP contribution in [0.15, 0.2) is 34.7 Å². The zero-order valence-corrected chi connectivity index (χ0v) is 16.8. The lowest BCUT2D eigenvalue weighted by Gasteiger charge is -2.34. The van der Waals surface area contributed by atoms with Gasteiger partial charge in [-0.3, -0.25) is 0 Å². The zero-order chi connectivity index (χ0) is 22.4. The molecule has 0 bridgehead atoms. The predicted molar refractivity (Wildman–Crippen MR) is 103 cm³/mol. The first-order chi connectivity index (χ1) is 14.7. The van der Waals surface area contributed by atoms with E-state index in [1.54, 1.807) is 0 Å². The van der Waals surface area contributed by atoms with Gasteiger partial charge in [-0.25, -0.2) is 4.42 Å². The van der Waals surface area contributed by atoms with E-state index in [4.69, 9.17) is 13.9 Å². The van der Waals surface area contributed by atoms with Crippen LogP contribution in [0.3, 0.4) is 0 Å². The van der Waals surface area contributed by atoms with Gasteiger partial charge in [0.15, 0.2) is 17.2 Å². The Bertz CT molecular complexity index is 1130. The molecule has 172 valence electrons. The number of ether oxygens (including phenoxy) is 2. The Morgan fingerprint density at radius 1 is 0.844 bits per heavy atom. The minimum absolute atomic E-state index is 0. The van der Waals surface area contributed by atoms with E-state index < -0.39 is 41.9 Å². The van der Waals surface area contributed by atoms with E-state index in [0.717, 1.165) is 18.2 Å². The maximum atomic E-state index is 10.2. The van der Waals surface area contributed by atoms with Crippen molar-refractivity contribution in [2.75, 3.05) is 6.61 Å². The normalized spacial score (nSPS) is 23.0. The number of halogens is 1. The molecule has 8 N–H and O–H groups in total. The van der Waals surface area contributed by atoms with Crippen molar-refractivity contribution < 1.29 is 67.2 Å². The van der Waals surface area contributed by atoms with Crippen molar-refractivity contribution in [1.82, 2.24) is 0 Å². The average molecular weight is 471 g/mol. The maximum Gasteiger partial charge on any atom is 0.402 e. The van der Waals surface area contributed by atoms with Gasteiger partial charge in [0.25, 0.3) is 0 Å². The lowest BCUT2D eigenvalue weighted by molar-refractivity contribution is -0.242. The van der Waals surface area contributed by atoms with Gasteiger partial charge in [0.1, 0.15) is 35.2 Å². The van der Waals surface area contributed by atoms with Crippen LogP contribution in [-0.4, -0.2) is 72.1 Å². The summed E-state index contributed by atoms with van der Waals surface area (Å²) < 4.78 is 16.6. The Morgan fingerprint density at radius 3 is 2.16 bits per heavy atom. The number of rotatable bonds is 3. The number of hydrogen-bond acceptors (Lipinski definition) is 10. The first-order valence-electron chi connectivity index (χ1n) is 9.06. The summed E-state index contributed by atoms with van der Waals surface area (Å²) in [5.74, 6) is -3.03. The summed E-state index contributed by atoms with van der Waals surface area (Å²) in [4.78, 5) is 0. The Kier molecular flexibility index (Phi) is 6.39. The highest BCUT2D eigenvalue weighted by atomic mass is 35.5. The molecule has 2 aromatic carbocycles. The third-order valence-electron chi connectivity index (χ3n) is 4.85. The number of phenols is 5. The molecule has 0 aliphatic carbocycles. The van der Waals surface area contributed by atoms with Crippen LogP contribution in [0.1, 0.15) is 0 Å². The number of aromatic hydroxyl groups is 5. The van der Waals surface area contributed by atoms with E-state index >= 15 is 0 Å². The molecule has 0 radical (unpaired) electrons. The molecule has 4 atom stereocenters. The van der Waals surface area contributed by atoms with Crippen molar-refractivity contribution in [3.05, 3.63) is 30.3 Å². The van der Waals surface area contributed by atoms with Gasteiger partial charge >= 0.3 is 11.3 Å². The van der Waals surface area contributed by atoms with Gasteiger partial charge in [0.05, 0.1) is 18.2 Å². The molecule has 2 heterocycles. The molecule has 0 saturated carbocycles. The molecule has 4 rings (SSSR count). The summed E-state index contributed by atoms with van der Waals surface area (Å²) >= 11 is 0. The molecule has 1 aliphatic rings. The van der Waals surface area contributed by atoms with Crippen LogP contribution in [0.2, 0.25) is 0 Å². The fraction of sp³-hybridized carbons (Fsp3) is 0.250. The quantitative estimate of drug-likeness (QED) is 0.152. The van der Waals surface area contributed by atoms with Gasteiger partial charge in [-0.2, -0.15) is 0 Å². The van der Waals surface area contributed by atoms with Crippen molar-refractivity contribution in [3.8, 4) is 45.8 Å². The molecule has 11 nitrogen and oxygen atoms in total. The van der Waals surface area contributed by atoms with E-state index in [2.05, 4.69) is 0 Å². The van der Waals surface area contributed by atoms with Gasteiger partial charge in [0, 0.05) is 24.3 Å². The molecule has 1 aliphatic heterocycles. The van der Waals surface area contributed by atoms with Crippen LogP contribution in [0.25, 0.3) is 22.3 Å². The largest absolute Gasteiger partial charge is 1.00 e. The van der Waals surface area contributed by atoms with Gasteiger partial charge in [-0.1, -0.05) is 0 Å². The summed E-state index contributed by atoms with van der Waals surface area (Å²) in [6.07, 6.45) is -5.95. The van der Waals surface area contributed by atoms with Gasteiger partial charge in [-0.05, 0) is 0 Å². The van der Waals surface area contributed by atoms with Gasteiger partial charge < -0.3 is 62.7 Å². The highest BCUT2D eigenvalue weighted by Crippen LogP contribution is 2.44. The summed E-state index contributed by atoms with van der Waals surface area (Å²) in [7, 11) is 0. The maximum absolute atomic E-state index is 10.2. The standard InChI is InChI=1S/C20H18O11.ClH/c21-8-3-10(22)9-5-15(31-20-18(28)17(27)13(25)6-29-20)19(30-14(9)4-8)7-1-11(23)16(26)12(24)2-7;/h1-5,13,17-18,20,25,27-28H,6H2,(H4-,21,22,23,24,26);1H/t13-,17?,18+,20-;/m1./s1. The minimum atomic E-state index is -1.64. The van der Waals surface area contributed by atoms with E-state index in [-0.39, 0.29) is 58.6 Å². The summed E-state index contributed by atoms with van der Waals surface area (Å²) in [5.41, 5.74) is 0.0332. The molecular formula is C20H19ClO11. The third kappa shape index (κ3) is 4.11. The molecule has 32 heavy (non-hydrogen) atoms. The molecule has 1 fully saturated rings. The highest BCUT2D eigenvalue weighted by Gasteiger charge is 2.40. The second-order valence-corrected chi connectivity index (χ2v) is 7.05. The Morgan fingerprint density at radius 2 is 1.50 bits per heavy atom. The highest BCUT2D eigenvalue weighted by molar-refractivity contribution is 5.88. The van der Waals surface area contributed by atoms with Crippen LogP contribution in [0, 0.1) is 0 Å². The van der Waals surface area contributed by atoms with E-state index in [0.29, 0.717) is 0 Å². The molecule has 1 unspecified atom stereocenters. The van der Waals surface area contributed by atoms with Crippen LogP contribution >= 0.6 is 0 Å². The fourth-order valence-corrected chi connectivity index (χ4v) is 3.22. The molecule has 12 heteroatoms. The van der Waals surface area contributed by atoms with Gasteiger partial charge in [-0.15, -0.1) is 0 Å². The SMILES string of the molecule is Oc1cc(O)c2cc(O[C@H]3OC[C@@H](O)C(O)[C@@H]3O)c(-c3cc(O)c(O)c(O)c3)[o+]c2c1.[Cl-]. The molecule has 0 amide bonds. The van der Waals surface area contributed by atoms with Crippen molar-refractivity contribution in [3.63, 3.8) is 0 Å². The number of benzene rings is 2. The average Bonchev–Trinajstić information content (AvgIpc) is 2.72. The number of phenolic OH excluding ortho intramolecular Hbond substituents is 5. The number of hydrogen-bond donors (Lipinski definition) is 8. The smallest absolute Gasteiger partial charge is 0.402 e. The van der Waals surface area contributed by atoms with Crippen molar-refractivity contribution in [2.24, 2.45) is 0 Å². The lowest BCUT2D eigenvalue weighted by atomic mass is 10.1. The first-order valence-corrected chi connectivity index (χ1v) is 9.06. The number of fused-ring (bicyclic) bond motifs is 1. The lowest BCUT2D eigenvalue weighted by Crippen LogP contribution is -3.00. The van der Waals surface area contributed by atoms with Crippen molar-refractivity contribution in [2.45, 2.75) is 24.6 Å². The van der Waals surface area contributed by atoms with E-state index in [1.165, 1.54) is 12.1 Å². The summed E-state index contributed by atoms with van der Waals surface area (Å²) in [5, 5.41) is 79.0. The molecule has 0 spiro atoms. The molecule has 3 aromatic rings. The fourth-order valence-electron chi connectivity index (χ4n) is 3.22. The Hall–Kier alpha value is -3.22. The number of aliphatic hydroxyl groups excluding tert-OH is 3. The summed E-state index contributed by atoms with van der Waals surface area (Å²) in [6, 6.07) is 5.68. The zero-order valence-electron chi connectivity index (χ0n) is 16.1. The van der Waals surface area contributed by atoms with Crippen LogP contribution in [0.5, 0.6) is 34.5 Å². The predicted octanol–water partition coefficient (Wildman–Crippen LogP) is -2.27. The van der Waals surface area contributed by atoms with Crippen LogP contribution in [-0.2, 0) is 4.74 Å². The first kappa shape index (κ1) is 23.4. The Balaban J connectivity index is 0.00000289. The van der Waals surface area contributed by atoms with E-state index in [9.17, 15) is 40.9 Å². The molecular weight excluding hydrogens is 452 g/mol. The van der Waals surface area contributed by atoms with Crippen molar-refractivity contribution in [1.29, 1.82) is 0 Å². The number of aliphatic hydroxyl groups is 3. The second-order valence-electron chi connectivity index (χ2n) is 7.05. The molecule has 1 aromatic heterocycles. The molecule has 1 saturated heterocycles. The second kappa shape index (κ2) is 8.73. The van der Waals surface area contributed by atoms with Gasteiger partial charge in [0.2, 0.25) is 12.0 Å². The minimum Gasteiger partial charge on any atom is -1.00 e. The van der Waals surface area contributed by atoms with E-state index in [1.807, 2.05) is 0 Å². The summed E-state index contributed by atoms with van der Waals surface area (Å²) in [6.45, 7) is -0.330. The van der Waals surface area contributed by atoms with Crippen LogP contribution in [0.4, 0.5) is 0 Å². The topological polar surface area (TPSA) is 192 Å².